The summed E-state index contributed by atoms with van der Waals surface area (Å²) in [6, 6.07) is 43.4. The monoisotopic (exact) mass is 411 g/mol. The first-order valence-corrected chi connectivity index (χ1v) is 12.6. The molecule has 1 nitrogen and oxygen atoms in total. The second kappa shape index (κ2) is 10.2. The van der Waals surface area contributed by atoms with Gasteiger partial charge in [0, 0.05) is 0 Å². The zero-order valence-electron chi connectivity index (χ0n) is 17.2. The molecule has 2 heteroatoms. The minimum Gasteiger partial charge on any atom is -0.494 e. The van der Waals surface area contributed by atoms with Gasteiger partial charge < -0.3 is 4.74 Å². The van der Waals surface area contributed by atoms with Crippen LogP contribution < -0.4 is 20.7 Å². The van der Waals surface area contributed by atoms with E-state index in [4.69, 9.17) is 4.74 Å². The van der Waals surface area contributed by atoms with Gasteiger partial charge in [0.1, 0.15) is 28.9 Å². The van der Waals surface area contributed by atoms with E-state index in [1.165, 1.54) is 15.9 Å². The molecule has 4 rings (SSSR count). The van der Waals surface area contributed by atoms with Crippen LogP contribution in [0, 0.1) is 0 Å². The standard InChI is InChI=1S/C28H28OP/c1-5-15-25(16-6-1)29-23-13-14-24-30(26-17-7-2-8-18-26,27-19-9-3-10-20-27)28-21-11-4-12-22-28/h1-12,15-22H,13-14,23-24H2/q+1. The van der Waals surface area contributed by atoms with E-state index >= 15 is 0 Å². The maximum absolute atomic E-state index is 5.95. The van der Waals surface area contributed by atoms with Crippen molar-refractivity contribution in [2.45, 2.75) is 12.8 Å². The van der Waals surface area contributed by atoms with Gasteiger partial charge in [0.15, 0.2) is 0 Å². The van der Waals surface area contributed by atoms with Crippen LogP contribution in [0.1, 0.15) is 12.8 Å². The molecule has 0 heterocycles. The first kappa shape index (κ1) is 20.4. The van der Waals surface area contributed by atoms with Crippen molar-refractivity contribution in [3.63, 3.8) is 0 Å². The van der Waals surface area contributed by atoms with Gasteiger partial charge in [-0.05, 0) is 61.4 Å². The number of benzene rings is 4. The summed E-state index contributed by atoms with van der Waals surface area (Å²) >= 11 is 0. The lowest BCUT2D eigenvalue weighted by atomic mass is 10.3. The Bertz CT molecular complexity index is 905. The fourth-order valence-electron chi connectivity index (χ4n) is 4.04. The highest BCUT2D eigenvalue weighted by Crippen LogP contribution is 2.55. The van der Waals surface area contributed by atoms with Gasteiger partial charge >= 0.3 is 0 Å². The van der Waals surface area contributed by atoms with Crippen molar-refractivity contribution < 1.29 is 4.74 Å². The lowest BCUT2D eigenvalue weighted by molar-refractivity contribution is 0.310. The Balaban J connectivity index is 1.61. The summed E-state index contributed by atoms with van der Waals surface area (Å²) in [7, 11) is -1.72. The molecule has 0 aliphatic rings. The minimum atomic E-state index is -1.72. The molecule has 0 aliphatic carbocycles. The molecule has 0 fully saturated rings. The molecule has 0 aromatic heterocycles. The number of rotatable bonds is 9. The number of ether oxygens (including phenoxy) is 1. The Kier molecular flexibility index (Phi) is 6.95. The molecule has 0 atom stereocenters. The van der Waals surface area contributed by atoms with E-state index < -0.39 is 7.26 Å². The third-order valence-corrected chi connectivity index (χ3v) is 10.0. The SMILES string of the molecule is c1ccc(OCCCC[P+](c2ccccc2)(c2ccccc2)c2ccccc2)cc1. The molecule has 0 radical (unpaired) electrons. The van der Waals surface area contributed by atoms with E-state index in [0.717, 1.165) is 31.4 Å². The van der Waals surface area contributed by atoms with Gasteiger partial charge in [-0.15, -0.1) is 0 Å². The Morgan fingerprint density at radius 1 is 0.467 bits per heavy atom. The first-order valence-electron chi connectivity index (χ1n) is 10.6. The molecule has 0 saturated heterocycles. The van der Waals surface area contributed by atoms with Crippen LogP contribution in [0.25, 0.3) is 0 Å². The summed E-state index contributed by atoms with van der Waals surface area (Å²) in [6.07, 6.45) is 3.31. The van der Waals surface area contributed by atoms with E-state index in [2.05, 4.69) is 91.0 Å². The normalized spacial score (nSPS) is 11.2. The molecule has 4 aromatic rings. The van der Waals surface area contributed by atoms with Gasteiger partial charge in [-0.3, -0.25) is 0 Å². The number of hydrogen-bond acceptors (Lipinski definition) is 1. The fourth-order valence-corrected chi connectivity index (χ4v) is 8.45. The van der Waals surface area contributed by atoms with Crippen molar-refractivity contribution in [3.8, 4) is 5.75 Å². The maximum Gasteiger partial charge on any atom is 0.119 e. The van der Waals surface area contributed by atoms with E-state index in [1.54, 1.807) is 0 Å². The van der Waals surface area contributed by atoms with Crippen molar-refractivity contribution in [3.05, 3.63) is 121 Å². The van der Waals surface area contributed by atoms with E-state index in [1.807, 2.05) is 30.3 Å². The van der Waals surface area contributed by atoms with E-state index in [9.17, 15) is 0 Å². The van der Waals surface area contributed by atoms with Gasteiger partial charge in [0.05, 0.1) is 12.8 Å². The van der Waals surface area contributed by atoms with Crippen molar-refractivity contribution in [1.82, 2.24) is 0 Å². The zero-order valence-corrected chi connectivity index (χ0v) is 18.1. The van der Waals surface area contributed by atoms with Crippen LogP contribution in [-0.2, 0) is 0 Å². The molecule has 0 unspecified atom stereocenters. The van der Waals surface area contributed by atoms with Gasteiger partial charge in [-0.25, -0.2) is 0 Å². The van der Waals surface area contributed by atoms with Crippen LogP contribution >= 0.6 is 7.26 Å². The largest absolute Gasteiger partial charge is 0.494 e. The molecular weight excluding hydrogens is 383 g/mol. The smallest absolute Gasteiger partial charge is 0.119 e. The highest BCUT2D eigenvalue weighted by atomic mass is 31.2. The molecule has 0 amide bonds. The molecule has 0 saturated carbocycles. The van der Waals surface area contributed by atoms with Crippen LogP contribution in [0.4, 0.5) is 0 Å². The summed E-state index contributed by atoms with van der Waals surface area (Å²) < 4.78 is 5.95. The van der Waals surface area contributed by atoms with Crippen LogP contribution in [0.2, 0.25) is 0 Å². The van der Waals surface area contributed by atoms with Crippen LogP contribution in [0.15, 0.2) is 121 Å². The number of unbranched alkanes of at least 4 members (excludes halogenated alkanes) is 1. The average Bonchev–Trinajstić information content (AvgIpc) is 2.84. The van der Waals surface area contributed by atoms with Gasteiger partial charge in [-0.2, -0.15) is 0 Å². The first-order chi connectivity index (χ1) is 14.9. The Morgan fingerprint density at radius 2 is 0.867 bits per heavy atom. The molecule has 0 aliphatic heterocycles. The van der Waals surface area contributed by atoms with Crippen LogP contribution in [-0.4, -0.2) is 12.8 Å². The highest BCUT2D eigenvalue weighted by molar-refractivity contribution is 7.95. The van der Waals surface area contributed by atoms with E-state index in [0.29, 0.717) is 0 Å². The molecule has 0 N–H and O–H groups in total. The van der Waals surface area contributed by atoms with Crippen LogP contribution in [0.3, 0.4) is 0 Å². The summed E-state index contributed by atoms with van der Waals surface area (Å²) in [4.78, 5) is 0. The maximum atomic E-state index is 5.95. The Hall–Kier alpha value is -2.89. The van der Waals surface area contributed by atoms with Crippen molar-refractivity contribution >= 4 is 23.2 Å². The molecule has 150 valence electrons. The average molecular weight is 412 g/mol. The van der Waals surface area contributed by atoms with Gasteiger partial charge in [0.2, 0.25) is 0 Å². The molecular formula is C28H28OP+. The van der Waals surface area contributed by atoms with Crippen molar-refractivity contribution in [1.29, 1.82) is 0 Å². The van der Waals surface area contributed by atoms with Crippen LogP contribution in [0.5, 0.6) is 5.75 Å². The van der Waals surface area contributed by atoms with Gasteiger partial charge in [-0.1, -0.05) is 72.8 Å². The molecule has 0 spiro atoms. The van der Waals surface area contributed by atoms with E-state index in [-0.39, 0.29) is 0 Å². The molecule has 4 aromatic carbocycles. The fraction of sp³-hybridized carbons (Fsp3) is 0.143. The third kappa shape index (κ3) is 4.64. The summed E-state index contributed by atoms with van der Waals surface area (Å²) in [5, 5.41) is 4.35. The molecule has 30 heavy (non-hydrogen) atoms. The molecule has 0 bridgehead atoms. The minimum absolute atomic E-state index is 0.752. The second-order valence-corrected chi connectivity index (χ2v) is 11.0. The predicted octanol–water partition coefficient (Wildman–Crippen LogP) is 5.84. The topological polar surface area (TPSA) is 9.23 Å². The Labute approximate surface area is 180 Å². The number of para-hydroxylation sites is 1. The summed E-state index contributed by atoms with van der Waals surface area (Å²) in [5.74, 6) is 0.952. The summed E-state index contributed by atoms with van der Waals surface area (Å²) in [5.41, 5.74) is 0. The number of hydrogen-bond donors (Lipinski definition) is 0. The predicted molar refractivity (Wildman–Crippen MR) is 131 cm³/mol. The second-order valence-electron chi connectivity index (χ2n) is 7.41. The van der Waals surface area contributed by atoms with Crippen molar-refractivity contribution in [2.75, 3.05) is 12.8 Å². The lowest BCUT2D eigenvalue weighted by Gasteiger charge is -2.27. The quantitative estimate of drug-likeness (QED) is 0.248. The highest BCUT2D eigenvalue weighted by Gasteiger charge is 2.44. The van der Waals surface area contributed by atoms with Crippen molar-refractivity contribution in [2.24, 2.45) is 0 Å². The summed E-state index contributed by atoms with van der Waals surface area (Å²) in [6.45, 7) is 0.752. The Morgan fingerprint density at radius 3 is 1.30 bits per heavy atom. The lowest BCUT2D eigenvalue weighted by Crippen LogP contribution is -2.33. The third-order valence-electron chi connectivity index (χ3n) is 5.49. The zero-order chi connectivity index (χ0) is 20.5. The van der Waals surface area contributed by atoms with Gasteiger partial charge in [0.25, 0.3) is 0 Å².